The van der Waals surface area contributed by atoms with Gasteiger partial charge >= 0.3 is 5.97 Å². The summed E-state index contributed by atoms with van der Waals surface area (Å²) >= 11 is 0. The molecule has 3 nitrogen and oxygen atoms in total. The first-order chi connectivity index (χ1) is 10.8. The number of ether oxygens (including phenoxy) is 1. The third kappa shape index (κ3) is 12.8. The predicted octanol–water partition coefficient (Wildman–Crippen LogP) is 5.40. The lowest BCUT2D eigenvalue weighted by Gasteiger charge is -2.10. The number of hydrogen-bond acceptors (Lipinski definition) is 3. The van der Waals surface area contributed by atoms with Crippen molar-refractivity contribution >= 4 is 18.4 Å². The molecular formula is C19H38ClNO2. The van der Waals surface area contributed by atoms with Crippen LogP contribution in [0.15, 0.2) is 0 Å². The molecule has 1 heterocycles. The Balaban J connectivity index is 0.00000484. The van der Waals surface area contributed by atoms with Gasteiger partial charge in [-0.2, -0.15) is 0 Å². The maximum absolute atomic E-state index is 11.7. The van der Waals surface area contributed by atoms with E-state index in [2.05, 4.69) is 12.2 Å². The molecule has 0 amide bonds. The highest BCUT2D eigenvalue weighted by molar-refractivity contribution is 5.85. The molecule has 0 bridgehead atoms. The van der Waals surface area contributed by atoms with Crippen LogP contribution in [-0.4, -0.2) is 25.2 Å². The van der Waals surface area contributed by atoms with Crippen molar-refractivity contribution < 1.29 is 9.53 Å². The summed E-state index contributed by atoms with van der Waals surface area (Å²) in [5.41, 5.74) is 0. The first-order valence-corrected chi connectivity index (χ1v) is 9.74. The molecule has 1 unspecified atom stereocenters. The Morgan fingerprint density at radius 3 is 1.91 bits per heavy atom. The number of esters is 1. The van der Waals surface area contributed by atoms with Crippen molar-refractivity contribution in [2.75, 3.05) is 13.2 Å². The molecule has 0 aliphatic carbocycles. The molecular weight excluding hydrogens is 310 g/mol. The lowest BCUT2D eigenvalue weighted by Crippen LogP contribution is -2.32. The minimum atomic E-state index is -0.0411. The lowest BCUT2D eigenvalue weighted by molar-refractivity contribution is -0.145. The largest absolute Gasteiger partial charge is 0.465 e. The Labute approximate surface area is 149 Å². The zero-order chi connectivity index (χ0) is 15.9. The fourth-order valence-corrected chi connectivity index (χ4v) is 3.10. The Bertz CT molecular complexity index is 268. The molecule has 0 radical (unpaired) electrons. The van der Waals surface area contributed by atoms with E-state index in [0.29, 0.717) is 6.61 Å². The Hall–Kier alpha value is -0.280. The predicted molar refractivity (Wildman–Crippen MR) is 100 cm³/mol. The Morgan fingerprint density at radius 1 is 0.913 bits per heavy atom. The molecule has 1 atom stereocenters. The normalized spacial score (nSPS) is 17.0. The molecule has 0 spiro atoms. The van der Waals surface area contributed by atoms with Gasteiger partial charge in [0, 0.05) is 0 Å². The zero-order valence-electron chi connectivity index (χ0n) is 15.1. The molecule has 1 aliphatic heterocycles. The van der Waals surface area contributed by atoms with Gasteiger partial charge in [-0.3, -0.25) is 4.79 Å². The molecule has 1 rings (SSSR count). The highest BCUT2D eigenvalue weighted by Gasteiger charge is 2.22. The maximum Gasteiger partial charge on any atom is 0.323 e. The second-order valence-electron chi connectivity index (χ2n) is 6.71. The number of carbonyl (C=O) groups excluding carboxylic acids is 1. The quantitative estimate of drug-likeness (QED) is 0.337. The van der Waals surface area contributed by atoms with Crippen molar-refractivity contribution in [3.8, 4) is 0 Å². The highest BCUT2D eigenvalue weighted by Crippen LogP contribution is 2.12. The van der Waals surface area contributed by atoms with Crippen LogP contribution in [0.2, 0.25) is 0 Å². The van der Waals surface area contributed by atoms with Crippen molar-refractivity contribution in [2.24, 2.45) is 0 Å². The average Bonchev–Trinajstić information content (AvgIpc) is 3.06. The number of rotatable bonds is 14. The van der Waals surface area contributed by atoms with E-state index in [4.69, 9.17) is 4.74 Å². The standard InChI is InChI=1S/C19H37NO2.ClH/c1-2-3-4-5-6-7-8-9-10-11-12-13-17-22-19(21)18-15-14-16-20-18;/h18,20H,2-17H2,1H3;1H. The van der Waals surface area contributed by atoms with Gasteiger partial charge in [-0.15, -0.1) is 12.4 Å². The molecule has 1 aliphatic rings. The van der Waals surface area contributed by atoms with Gasteiger partial charge in [0.05, 0.1) is 6.61 Å². The summed E-state index contributed by atoms with van der Waals surface area (Å²) in [5, 5.41) is 3.18. The summed E-state index contributed by atoms with van der Waals surface area (Å²) in [6.45, 7) is 3.83. The fourth-order valence-electron chi connectivity index (χ4n) is 3.10. The van der Waals surface area contributed by atoms with Gasteiger partial charge in [0.15, 0.2) is 0 Å². The van der Waals surface area contributed by atoms with Gasteiger partial charge < -0.3 is 10.1 Å². The third-order valence-electron chi connectivity index (χ3n) is 4.59. The van der Waals surface area contributed by atoms with Crippen LogP contribution >= 0.6 is 12.4 Å². The zero-order valence-corrected chi connectivity index (χ0v) is 15.9. The number of hydrogen-bond donors (Lipinski definition) is 1. The molecule has 138 valence electrons. The fraction of sp³-hybridized carbons (Fsp3) is 0.947. The van der Waals surface area contributed by atoms with Crippen LogP contribution in [0.3, 0.4) is 0 Å². The first-order valence-electron chi connectivity index (χ1n) is 9.74. The Kier molecular flexibility index (Phi) is 16.4. The van der Waals surface area contributed by atoms with Crippen molar-refractivity contribution in [1.29, 1.82) is 0 Å². The van der Waals surface area contributed by atoms with E-state index in [1.807, 2.05) is 0 Å². The minimum Gasteiger partial charge on any atom is -0.465 e. The molecule has 0 aromatic heterocycles. The molecule has 0 aromatic carbocycles. The van der Waals surface area contributed by atoms with Crippen molar-refractivity contribution in [3.63, 3.8) is 0 Å². The molecule has 1 N–H and O–H groups in total. The monoisotopic (exact) mass is 347 g/mol. The second kappa shape index (κ2) is 16.6. The van der Waals surface area contributed by atoms with Crippen LogP contribution in [-0.2, 0) is 9.53 Å². The summed E-state index contributed by atoms with van der Waals surface area (Å²) in [4.78, 5) is 11.7. The molecule has 23 heavy (non-hydrogen) atoms. The van der Waals surface area contributed by atoms with Crippen LogP contribution in [0.25, 0.3) is 0 Å². The van der Waals surface area contributed by atoms with E-state index in [1.165, 1.54) is 70.6 Å². The number of unbranched alkanes of at least 4 members (excludes halogenated alkanes) is 11. The summed E-state index contributed by atoms with van der Waals surface area (Å²) in [5.74, 6) is -0.0411. The minimum absolute atomic E-state index is 0. The SMILES string of the molecule is CCCCCCCCCCCCCCOC(=O)C1CCCN1.Cl. The van der Waals surface area contributed by atoms with E-state index in [-0.39, 0.29) is 24.4 Å². The maximum atomic E-state index is 11.7. The van der Waals surface area contributed by atoms with Gasteiger partial charge in [0.2, 0.25) is 0 Å². The number of nitrogens with one attached hydrogen (secondary N) is 1. The van der Waals surface area contributed by atoms with E-state index < -0.39 is 0 Å². The third-order valence-corrected chi connectivity index (χ3v) is 4.59. The van der Waals surface area contributed by atoms with Crippen LogP contribution in [0.4, 0.5) is 0 Å². The van der Waals surface area contributed by atoms with E-state index in [1.54, 1.807) is 0 Å². The van der Waals surface area contributed by atoms with E-state index in [0.717, 1.165) is 25.8 Å². The van der Waals surface area contributed by atoms with Gasteiger partial charge in [-0.25, -0.2) is 0 Å². The molecule has 1 fully saturated rings. The molecule has 0 aromatic rings. The summed E-state index contributed by atoms with van der Waals surface area (Å²) < 4.78 is 5.32. The van der Waals surface area contributed by atoms with Crippen LogP contribution < -0.4 is 5.32 Å². The lowest BCUT2D eigenvalue weighted by atomic mass is 10.1. The van der Waals surface area contributed by atoms with Crippen molar-refractivity contribution in [2.45, 2.75) is 103 Å². The topological polar surface area (TPSA) is 38.3 Å². The van der Waals surface area contributed by atoms with Crippen LogP contribution in [0, 0.1) is 0 Å². The molecule has 4 heteroatoms. The first kappa shape index (κ1) is 22.7. The average molecular weight is 348 g/mol. The van der Waals surface area contributed by atoms with Crippen LogP contribution in [0.1, 0.15) is 96.8 Å². The molecule has 0 saturated carbocycles. The summed E-state index contributed by atoms with van der Waals surface area (Å²) in [6.07, 6.45) is 18.1. The second-order valence-corrected chi connectivity index (χ2v) is 6.71. The Morgan fingerprint density at radius 2 is 1.43 bits per heavy atom. The summed E-state index contributed by atoms with van der Waals surface area (Å²) in [6, 6.07) is -0.0303. The van der Waals surface area contributed by atoms with Crippen LogP contribution in [0.5, 0.6) is 0 Å². The van der Waals surface area contributed by atoms with E-state index in [9.17, 15) is 4.79 Å². The van der Waals surface area contributed by atoms with Gasteiger partial charge in [0.25, 0.3) is 0 Å². The molecule has 1 saturated heterocycles. The van der Waals surface area contributed by atoms with Gasteiger partial charge in [-0.1, -0.05) is 77.6 Å². The van der Waals surface area contributed by atoms with Crippen molar-refractivity contribution in [1.82, 2.24) is 5.32 Å². The smallest absolute Gasteiger partial charge is 0.323 e. The number of halogens is 1. The van der Waals surface area contributed by atoms with Gasteiger partial charge in [0.1, 0.15) is 6.04 Å². The van der Waals surface area contributed by atoms with E-state index >= 15 is 0 Å². The van der Waals surface area contributed by atoms with Crippen molar-refractivity contribution in [3.05, 3.63) is 0 Å². The number of carbonyl (C=O) groups is 1. The highest BCUT2D eigenvalue weighted by atomic mass is 35.5. The summed E-state index contributed by atoms with van der Waals surface area (Å²) in [7, 11) is 0. The van der Waals surface area contributed by atoms with Gasteiger partial charge in [-0.05, 0) is 25.8 Å².